The molecule has 15 heavy (non-hydrogen) atoms. The minimum absolute atomic E-state index is 0.608. The predicted octanol–water partition coefficient (Wildman–Crippen LogP) is 3.77. The number of hydrogen-bond donors (Lipinski definition) is 0. The summed E-state index contributed by atoms with van der Waals surface area (Å²) in [6, 6.07) is 8.80. The maximum atomic E-state index is 3.97. The molecule has 2 aliphatic rings. The van der Waals surface area contributed by atoms with Crippen LogP contribution in [0.15, 0.2) is 60.2 Å². The van der Waals surface area contributed by atoms with E-state index in [9.17, 15) is 0 Å². The average molecular weight is 194 g/mol. The smallest absolute Gasteiger partial charge is 0.00954 e. The maximum Gasteiger partial charge on any atom is 0.00954 e. The Morgan fingerprint density at radius 3 is 2.80 bits per heavy atom. The second-order valence-electron chi connectivity index (χ2n) is 4.34. The quantitative estimate of drug-likeness (QED) is 0.638. The first-order valence-electron chi connectivity index (χ1n) is 5.51. The molecule has 0 saturated carbocycles. The molecule has 1 atom stereocenters. The van der Waals surface area contributed by atoms with E-state index in [1.54, 1.807) is 0 Å². The molecule has 0 amide bonds. The van der Waals surface area contributed by atoms with Crippen molar-refractivity contribution < 1.29 is 0 Å². The summed E-state index contributed by atoms with van der Waals surface area (Å²) in [6.07, 6.45) is 9.01. The molecule has 74 valence electrons. The van der Waals surface area contributed by atoms with Gasteiger partial charge in [-0.2, -0.15) is 0 Å². The van der Waals surface area contributed by atoms with Crippen molar-refractivity contribution in [1.29, 1.82) is 0 Å². The molecule has 1 aromatic carbocycles. The number of fused-ring (bicyclic) bond motifs is 1. The molecule has 0 radical (unpaired) electrons. The van der Waals surface area contributed by atoms with Gasteiger partial charge in [0.1, 0.15) is 0 Å². The standard InChI is InChI=1S/C15H14/c1-11-6-7-13(10-11)15-9-8-12-4-2-3-5-14(12)15/h2-7,10,15H,1,8-9H2. The number of allylic oxidation sites excluding steroid dienone is 5. The fourth-order valence-electron chi connectivity index (χ4n) is 2.63. The van der Waals surface area contributed by atoms with Gasteiger partial charge in [0.25, 0.3) is 0 Å². The largest absolute Gasteiger partial charge is 0.0918 e. The summed E-state index contributed by atoms with van der Waals surface area (Å²) in [5.41, 5.74) is 5.61. The summed E-state index contributed by atoms with van der Waals surface area (Å²) >= 11 is 0. The summed E-state index contributed by atoms with van der Waals surface area (Å²) in [5, 5.41) is 0. The van der Waals surface area contributed by atoms with Crippen molar-refractivity contribution in [3.8, 4) is 0 Å². The minimum atomic E-state index is 0.608. The third kappa shape index (κ3) is 1.37. The van der Waals surface area contributed by atoms with Gasteiger partial charge in [-0.15, -0.1) is 0 Å². The van der Waals surface area contributed by atoms with Crippen molar-refractivity contribution in [3.05, 3.63) is 71.3 Å². The second-order valence-corrected chi connectivity index (χ2v) is 4.34. The molecule has 0 aromatic heterocycles. The molecule has 0 nitrogen and oxygen atoms in total. The Kier molecular flexibility index (Phi) is 1.88. The molecule has 1 unspecified atom stereocenters. The van der Waals surface area contributed by atoms with Crippen LogP contribution in [0.3, 0.4) is 0 Å². The Morgan fingerprint density at radius 1 is 1.13 bits per heavy atom. The zero-order valence-corrected chi connectivity index (χ0v) is 8.74. The van der Waals surface area contributed by atoms with Crippen molar-refractivity contribution in [2.75, 3.05) is 0 Å². The third-order valence-electron chi connectivity index (χ3n) is 3.38. The monoisotopic (exact) mass is 194 g/mol. The molecular weight excluding hydrogens is 180 g/mol. The molecule has 0 heterocycles. The van der Waals surface area contributed by atoms with E-state index >= 15 is 0 Å². The maximum absolute atomic E-state index is 3.97. The van der Waals surface area contributed by atoms with E-state index in [1.807, 2.05) is 0 Å². The summed E-state index contributed by atoms with van der Waals surface area (Å²) in [5.74, 6) is 0.608. The SMILES string of the molecule is C=C1C=CC(C2CCc3ccccc32)=C1. The molecule has 0 aliphatic heterocycles. The lowest BCUT2D eigenvalue weighted by Crippen LogP contribution is -1.94. The Balaban J connectivity index is 2.01. The molecule has 3 rings (SSSR count). The summed E-state index contributed by atoms with van der Waals surface area (Å²) in [7, 11) is 0. The topological polar surface area (TPSA) is 0 Å². The van der Waals surface area contributed by atoms with Crippen LogP contribution in [0.1, 0.15) is 23.5 Å². The van der Waals surface area contributed by atoms with Crippen LogP contribution in [-0.4, -0.2) is 0 Å². The second kappa shape index (κ2) is 3.23. The van der Waals surface area contributed by atoms with Crippen LogP contribution >= 0.6 is 0 Å². The molecular formula is C15H14. The molecule has 2 aliphatic carbocycles. The third-order valence-corrected chi connectivity index (χ3v) is 3.38. The zero-order valence-electron chi connectivity index (χ0n) is 8.74. The van der Waals surface area contributed by atoms with E-state index in [1.165, 1.54) is 29.5 Å². The lowest BCUT2D eigenvalue weighted by Gasteiger charge is -2.10. The van der Waals surface area contributed by atoms with Gasteiger partial charge in [-0.1, -0.05) is 49.1 Å². The Labute approximate surface area is 90.6 Å². The highest BCUT2D eigenvalue weighted by Crippen LogP contribution is 2.40. The van der Waals surface area contributed by atoms with Crippen LogP contribution in [0.5, 0.6) is 0 Å². The average Bonchev–Trinajstić information content (AvgIpc) is 2.83. The van der Waals surface area contributed by atoms with Crippen molar-refractivity contribution in [2.45, 2.75) is 18.8 Å². The number of aryl methyl sites for hydroxylation is 1. The van der Waals surface area contributed by atoms with Gasteiger partial charge in [0.15, 0.2) is 0 Å². The van der Waals surface area contributed by atoms with Gasteiger partial charge in [0.2, 0.25) is 0 Å². The Morgan fingerprint density at radius 2 is 2.00 bits per heavy atom. The molecule has 0 fully saturated rings. The predicted molar refractivity (Wildman–Crippen MR) is 63.9 cm³/mol. The van der Waals surface area contributed by atoms with Crippen LogP contribution < -0.4 is 0 Å². The summed E-state index contributed by atoms with van der Waals surface area (Å²) in [6.45, 7) is 3.97. The van der Waals surface area contributed by atoms with Gasteiger partial charge in [0.05, 0.1) is 0 Å². The number of hydrogen-bond acceptors (Lipinski definition) is 0. The van der Waals surface area contributed by atoms with Crippen molar-refractivity contribution in [1.82, 2.24) is 0 Å². The van der Waals surface area contributed by atoms with Gasteiger partial charge >= 0.3 is 0 Å². The van der Waals surface area contributed by atoms with Crippen LogP contribution in [0.25, 0.3) is 0 Å². The van der Waals surface area contributed by atoms with Crippen LogP contribution in [0.4, 0.5) is 0 Å². The fraction of sp³-hybridized carbons (Fsp3) is 0.200. The van der Waals surface area contributed by atoms with Crippen LogP contribution in [0.2, 0.25) is 0 Å². The fourth-order valence-corrected chi connectivity index (χ4v) is 2.63. The van der Waals surface area contributed by atoms with Crippen molar-refractivity contribution >= 4 is 0 Å². The molecule has 0 heteroatoms. The van der Waals surface area contributed by atoms with Gasteiger partial charge in [-0.05, 0) is 35.1 Å². The lowest BCUT2D eigenvalue weighted by molar-refractivity contribution is 0.789. The highest BCUT2D eigenvalue weighted by Gasteiger charge is 2.24. The number of benzene rings is 1. The van der Waals surface area contributed by atoms with Crippen molar-refractivity contribution in [2.24, 2.45) is 0 Å². The molecule has 0 spiro atoms. The van der Waals surface area contributed by atoms with E-state index in [0.29, 0.717) is 5.92 Å². The lowest BCUT2D eigenvalue weighted by atomic mass is 9.93. The van der Waals surface area contributed by atoms with Crippen molar-refractivity contribution in [3.63, 3.8) is 0 Å². The molecule has 1 aromatic rings. The van der Waals surface area contributed by atoms with Gasteiger partial charge in [0, 0.05) is 5.92 Å². The van der Waals surface area contributed by atoms with E-state index in [-0.39, 0.29) is 0 Å². The highest BCUT2D eigenvalue weighted by atomic mass is 14.3. The number of rotatable bonds is 1. The highest BCUT2D eigenvalue weighted by molar-refractivity contribution is 5.52. The Hall–Kier alpha value is -1.56. The first kappa shape index (κ1) is 8.72. The van der Waals surface area contributed by atoms with Gasteiger partial charge < -0.3 is 0 Å². The molecule has 0 bridgehead atoms. The molecule has 0 saturated heterocycles. The van der Waals surface area contributed by atoms with E-state index in [0.717, 1.165) is 5.57 Å². The minimum Gasteiger partial charge on any atom is -0.0918 e. The van der Waals surface area contributed by atoms with E-state index in [2.05, 4.69) is 49.1 Å². The molecule has 0 N–H and O–H groups in total. The van der Waals surface area contributed by atoms with Crippen LogP contribution in [0, 0.1) is 0 Å². The first-order chi connectivity index (χ1) is 7.34. The zero-order chi connectivity index (χ0) is 10.3. The summed E-state index contributed by atoms with van der Waals surface area (Å²) < 4.78 is 0. The Bertz CT molecular complexity index is 475. The first-order valence-corrected chi connectivity index (χ1v) is 5.51. The summed E-state index contributed by atoms with van der Waals surface area (Å²) in [4.78, 5) is 0. The van der Waals surface area contributed by atoms with Gasteiger partial charge in [-0.3, -0.25) is 0 Å². The van der Waals surface area contributed by atoms with Crippen LogP contribution in [-0.2, 0) is 6.42 Å². The van der Waals surface area contributed by atoms with Gasteiger partial charge in [-0.25, -0.2) is 0 Å². The van der Waals surface area contributed by atoms with E-state index < -0.39 is 0 Å². The normalized spacial score (nSPS) is 23.1. The van der Waals surface area contributed by atoms with E-state index in [4.69, 9.17) is 0 Å².